The molecule has 0 aliphatic heterocycles. The van der Waals surface area contributed by atoms with Crippen molar-refractivity contribution < 1.29 is 9.66 Å². The van der Waals surface area contributed by atoms with Gasteiger partial charge in [0.15, 0.2) is 0 Å². The van der Waals surface area contributed by atoms with Gasteiger partial charge < -0.3 is 4.74 Å². The molecule has 6 heteroatoms. The van der Waals surface area contributed by atoms with Crippen LogP contribution in [-0.2, 0) is 0 Å². The maximum Gasteiger partial charge on any atom is 0.287 e. The zero-order valence-electron chi connectivity index (χ0n) is 11.0. The summed E-state index contributed by atoms with van der Waals surface area (Å²) in [5.41, 5.74) is 1.17. The number of halogens is 2. The van der Waals surface area contributed by atoms with Crippen LogP contribution >= 0.6 is 31.9 Å². The van der Waals surface area contributed by atoms with Crippen molar-refractivity contribution in [3.63, 3.8) is 0 Å². The second kappa shape index (κ2) is 7.56. The average Bonchev–Trinajstić information content (AvgIpc) is 2.50. The van der Waals surface area contributed by atoms with Crippen LogP contribution in [0.25, 0.3) is 0 Å². The van der Waals surface area contributed by atoms with Gasteiger partial charge in [-0.25, -0.2) is 0 Å². The van der Waals surface area contributed by atoms with Gasteiger partial charge in [0.1, 0.15) is 10.2 Å². The summed E-state index contributed by atoms with van der Waals surface area (Å²) in [6.45, 7) is 0.440. The number of nitrogens with zero attached hydrogens (tertiary/aromatic N) is 1. The third-order valence-corrected chi connectivity index (χ3v) is 4.62. The molecule has 2 aromatic rings. The van der Waals surface area contributed by atoms with Gasteiger partial charge in [0, 0.05) is 17.3 Å². The molecular formula is C15H13Br2NO3. The van der Waals surface area contributed by atoms with Gasteiger partial charge in [0.25, 0.3) is 5.69 Å². The second-order valence-corrected chi connectivity index (χ2v) is 5.86. The zero-order valence-corrected chi connectivity index (χ0v) is 14.2. The van der Waals surface area contributed by atoms with E-state index in [9.17, 15) is 10.1 Å². The van der Waals surface area contributed by atoms with E-state index < -0.39 is 4.92 Å². The molecular weight excluding hydrogens is 402 g/mol. The number of benzene rings is 2. The van der Waals surface area contributed by atoms with Gasteiger partial charge in [0.05, 0.1) is 11.5 Å². The fourth-order valence-corrected chi connectivity index (χ4v) is 2.98. The molecule has 0 aromatic heterocycles. The normalized spacial score (nSPS) is 11.9. The van der Waals surface area contributed by atoms with Crippen LogP contribution in [0.4, 0.5) is 5.69 Å². The first-order valence-electron chi connectivity index (χ1n) is 6.30. The highest BCUT2D eigenvalue weighted by Crippen LogP contribution is 2.34. The lowest BCUT2D eigenvalue weighted by Gasteiger charge is -2.16. The van der Waals surface area contributed by atoms with E-state index in [1.54, 1.807) is 12.1 Å². The lowest BCUT2D eigenvalue weighted by atomic mass is 10.0. The smallest absolute Gasteiger partial charge is 0.287 e. The summed E-state index contributed by atoms with van der Waals surface area (Å²) < 4.78 is 6.13. The molecule has 0 aliphatic rings. The van der Waals surface area contributed by atoms with Gasteiger partial charge in [-0.15, -0.1) is 0 Å². The SMILES string of the molecule is O=[N+]([O-])c1cccc(OCC(CBr)c2ccccc2)c1Br. The molecule has 0 amide bonds. The van der Waals surface area contributed by atoms with E-state index in [0.717, 1.165) is 10.9 Å². The Balaban J connectivity index is 2.12. The Kier molecular flexibility index (Phi) is 5.76. The molecule has 4 nitrogen and oxygen atoms in total. The first-order chi connectivity index (χ1) is 10.1. The van der Waals surface area contributed by atoms with Crippen molar-refractivity contribution in [2.45, 2.75) is 5.92 Å². The highest BCUT2D eigenvalue weighted by atomic mass is 79.9. The Hall–Kier alpha value is -1.40. The van der Waals surface area contributed by atoms with Crippen LogP contribution in [0.2, 0.25) is 0 Å². The summed E-state index contributed by atoms with van der Waals surface area (Å²) in [4.78, 5) is 10.5. The summed E-state index contributed by atoms with van der Waals surface area (Å²) >= 11 is 6.71. The molecule has 0 radical (unpaired) electrons. The minimum absolute atomic E-state index is 0.00241. The third kappa shape index (κ3) is 4.04. The van der Waals surface area contributed by atoms with E-state index in [0.29, 0.717) is 16.8 Å². The average molecular weight is 415 g/mol. The van der Waals surface area contributed by atoms with Crippen LogP contribution in [0.15, 0.2) is 53.0 Å². The minimum Gasteiger partial charge on any atom is -0.491 e. The molecule has 0 saturated heterocycles. The highest BCUT2D eigenvalue weighted by Gasteiger charge is 2.17. The number of nitro groups is 1. The van der Waals surface area contributed by atoms with Crippen molar-refractivity contribution in [2.75, 3.05) is 11.9 Å². The van der Waals surface area contributed by atoms with E-state index in [4.69, 9.17) is 4.74 Å². The van der Waals surface area contributed by atoms with Crippen LogP contribution in [0, 0.1) is 10.1 Å². The van der Waals surface area contributed by atoms with Crippen molar-refractivity contribution >= 4 is 37.5 Å². The second-order valence-electron chi connectivity index (χ2n) is 4.42. The summed E-state index contributed by atoms with van der Waals surface area (Å²) in [5.74, 6) is 0.656. The summed E-state index contributed by atoms with van der Waals surface area (Å²) in [7, 11) is 0. The molecule has 2 aromatic carbocycles. The maximum absolute atomic E-state index is 10.9. The molecule has 1 atom stereocenters. The molecule has 0 aliphatic carbocycles. The van der Waals surface area contributed by atoms with Crippen molar-refractivity contribution in [3.8, 4) is 5.75 Å². The molecule has 2 rings (SSSR count). The quantitative estimate of drug-likeness (QED) is 0.383. The molecule has 0 fully saturated rings. The van der Waals surface area contributed by atoms with E-state index >= 15 is 0 Å². The molecule has 0 N–H and O–H groups in total. The van der Waals surface area contributed by atoms with Crippen LogP contribution in [0.5, 0.6) is 5.75 Å². The summed E-state index contributed by atoms with van der Waals surface area (Å²) in [5, 5.41) is 11.7. The fourth-order valence-electron chi connectivity index (χ4n) is 1.90. The van der Waals surface area contributed by atoms with Crippen LogP contribution in [0.1, 0.15) is 11.5 Å². The van der Waals surface area contributed by atoms with Gasteiger partial charge in [-0.3, -0.25) is 10.1 Å². The molecule has 0 spiro atoms. The summed E-state index contributed by atoms with van der Waals surface area (Å²) in [6.07, 6.45) is 0. The molecule has 1 unspecified atom stereocenters. The Morgan fingerprint density at radius 2 is 1.86 bits per heavy atom. The van der Waals surface area contributed by atoms with E-state index in [1.807, 2.05) is 30.3 Å². The van der Waals surface area contributed by atoms with Crippen molar-refractivity contribution in [3.05, 3.63) is 68.7 Å². The van der Waals surface area contributed by atoms with Crippen LogP contribution in [-0.4, -0.2) is 16.9 Å². The standard InChI is InChI=1S/C15H13Br2NO3/c16-9-12(11-5-2-1-3-6-11)10-21-14-8-4-7-13(15(14)17)18(19)20/h1-8,12H,9-10H2. The molecule has 0 bridgehead atoms. The fraction of sp³-hybridized carbons (Fsp3) is 0.200. The molecule has 110 valence electrons. The Labute approximate surface area is 139 Å². The van der Waals surface area contributed by atoms with E-state index in [2.05, 4.69) is 31.9 Å². The van der Waals surface area contributed by atoms with Crippen molar-refractivity contribution in [1.82, 2.24) is 0 Å². The molecule has 0 saturated carbocycles. The Bertz CT molecular complexity index is 620. The van der Waals surface area contributed by atoms with E-state index in [1.165, 1.54) is 6.07 Å². The highest BCUT2D eigenvalue weighted by molar-refractivity contribution is 9.10. The lowest BCUT2D eigenvalue weighted by Crippen LogP contribution is -2.12. The number of alkyl halides is 1. The predicted octanol–water partition coefficient (Wildman–Crippen LogP) is 4.91. The predicted molar refractivity (Wildman–Crippen MR) is 89.3 cm³/mol. The number of ether oxygens (including phenoxy) is 1. The first kappa shape index (κ1) is 16.0. The maximum atomic E-state index is 10.9. The largest absolute Gasteiger partial charge is 0.491 e. The van der Waals surface area contributed by atoms with Gasteiger partial charge in [-0.05, 0) is 27.6 Å². The monoisotopic (exact) mass is 413 g/mol. The summed E-state index contributed by atoms with van der Waals surface area (Å²) in [6, 6.07) is 14.8. The van der Waals surface area contributed by atoms with E-state index in [-0.39, 0.29) is 11.6 Å². The van der Waals surface area contributed by atoms with Crippen molar-refractivity contribution in [1.29, 1.82) is 0 Å². The third-order valence-electron chi connectivity index (χ3n) is 3.04. The van der Waals surface area contributed by atoms with Gasteiger partial charge >= 0.3 is 0 Å². The number of rotatable bonds is 6. The zero-order chi connectivity index (χ0) is 15.2. The van der Waals surface area contributed by atoms with Gasteiger partial charge in [-0.2, -0.15) is 0 Å². The van der Waals surface area contributed by atoms with Crippen LogP contribution < -0.4 is 4.74 Å². The van der Waals surface area contributed by atoms with Crippen molar-refractivity contribution in [2.24, 2.45) is 0 Å². The molecule has 21 heavy (non-hydrogen) atoms. The van der Waals surface area contributed by atoms with Gasteiger partial charge in [0.2, 0.25) is 0 Å². The minimum atomic E-state index is -0.434. The lowest BCUT2D eigenvalue weighted by molar-refractivity contribution is -0.385. The van der Waals surface area contributed by atoms with Gasteiger partial charge in [-0.1, -0.05) is 52.3 Å². The number of hydrogen-bond donors (Lipinski definition) is 0. The number of hydrogen-bond acceptors (Lipinski definition) is 3. The topological polar surface area (TPSA) is 52.4 Å². The number of nitro benzene ring substituents is 1. The Morgan fingerprint density at radius 1 is 1.14 bits per heavy atom. The first-order valence-corrected chi connectivity index (χ1v) is 8.21. The molecule has 0 heterocycles. The Morgan fingerprint density at radius 3 is 2.48 bits per heavy atom. The van der Waals surface area contributed by atoms with Crippen LogP contribution in [0.3, 0.4) is 0 Å².